The van der Waals surface area contributed by atoms with E-state index in [4.69, 9.17) is 4.74 Å². The molecule has 0 fully saturated rings. The SMILES string of the molecule is Cc1ccc(C(O)CNC(=O)NC(C)C2COc3ccccc32)cc1. The molecule has 3 unspecified atom stereocenters. The zero-order valence-electron chi connectivity index (χ0n) is 14.5. The van der Waals surface area contributed by atoms with E-state index < -0.39 is 6.10 Å². The molecule has 5 nitrogen and oxygen atoms in total. The third kappa shape index (κ3) is 4.12. The highest BCUT2D eigenvalue weighted by Crippen LogP contribution is 2.35. The Hall–Kier alpha value is -2.53. The summed E-state index contributed by atoms with van der Waals surface area (Å²) in [6.45, 7) is 4.69. The van der Waals surface area contributed by atoms with E-state index in [1.165, 1.54) is 0 Å². The molecule has 3 atom stereocenters. The fourth-order valence-electron chi connectivity index (χ4n) is 3.06. The van der Waals surface area contributed by atoms with Crippen molar-refractivity contribution in [3.63, 3.8) is 0 Å². The first-order valence-corrected chi connectivity index (χ1v) is 8.55. The average Bonchev–Trinajstić information content (AvgIpc) is 3.04. The first-order valence-electron chi connectivity index (χ1n) is 8.55. The summed E-state index contributed by atoms with van der Waals surface area (Å²) in [5.74, 6) is 1.01. The number of rotatable bonds is 5. The van der Waals surface area contributed by atoms with Gasteiger partial charge in [-0.2, -0.15) is 0 Å². The number of nitrogens with one attached hydrogen (secondary N) is 2. The lowest BCUT2D eigenvalue weighted by molar-refractivity contribution is 0.172. The predicted octanol–water partition coefficient (Wildman–Crippen LogP) is 2.89. The Balaban J connectivity index is 1.50. The lowest BCUT2D eigenvalue weighted by atomic mass is 9.94. The molecule has 0 bridgehead atoms. The van der Waals surface area contributed by atoms with E-state index in [1.807, 2.05) is 62.4 Å². The van der Waals surface area contributed by atoms with Crippen LogP contribution in [0.1, 0.15) is 35.6 Å². The largest absolute Gasteiger partial charge is 0.493 e. The Labute approximate surface area is 148 Å². The summed E-state index contributed by atoms with van der Waals surface area (Å²) in [5.41, 5.74) is 3.04. The Bertz CT molecular complexity index is 730. The van der Waals surface area contributed by atoms with Gasteiger partial charge >= 0.3 is 6.03 Å². The third-order valence-electron chi connectivity index (χ3n) is 4.62. The van der Waals surface area contributed by atoms with Crippen molar-refractivity contribution >= 4 is 6.03 Å². The maximum Gasteiger partial charge on any atom is 0.315 e. The number of carbonyl (C=O) groups excluding carboxylic acids is 1. The van der Waals surface area contributed by atoms with Gasteiger partial charge in [-0.1, -0.05) is 48.0 Å². The van der Waals surface area contributed by atoms with Crippen molar-refractivity contribution < 1.29 is 14.6 Å². The van der Waals surface area contributed by atoms with E-state index in [2.05, 4.69) is 10.6 Å². The van der Waals surface area contributed by atoms with Crippen LogP contribution in [-0.2, 0) is 0 Å². The van der Waals surface area contributed by atoms with E-state index in [9.17, 15) is 9.90 Å². The lowest BCUT2D eigenvalue weighted by Gasteiger charge is -2.21. The van der Waals surface area contributed by atoms with E-state index in [1.54, 1.807) is 0 Å². The topological polar surface area (TPSA) is 70.6 Å². The van der Waals surface area contributed by atoms with Crippen molar-refractivity contribution in [2.75, 3.05) is 13.2 Å². The number of aliphatic hydroxyl groups is 1. The second-order valence-electron chi connectivity index (χ2n) is 6.52. The lowest BCUT2D eigenvalue weighted by Crippen LogP contribution is -2.44. The van der Waals surface area contributed by atoms with Crippen molar-refractivity contribution in [2.45, 2.75) is 31.9 Å². The van der Waals surface area contributed by atoms with Gasteiger partial charge in [0.05, 0.1) is 12.7 Å². The molecule has 1 heterocycles. The Kier molecular flexibility index (Phi) is 5.24. The van der Waals surface area contributed by atoms with Crippen molar-refractivity contribution in [2.24, 2.45) is 0 Å². The molecule has 1 aliphatic rings. The number of hydrogen-bond acceptors (Lipinski definition) is 3. The fraction of sp³-hybridized carbons (Fsp3) is 0.350. The van der Waals surface area contributed by atoms with Crippen LogP contribution in [0.25, 0.3) is 0 Å². The maximum atomic E-state index is 12.1. The molecule has 5 heteroatoms. The van der Waals surface area contributed by atoms with Crippen LogP contribution in [-0.4, -0.2) is 30.3 Å². The van der Waals surface area contributed by atoms with Gasteiger partial charge in [0.2, 0.25) is 0 Å². The highest BCUT2D eigenvalue weighted by atomic mass is 16.5. The predicted molar refractivity (Wildman–Crippen MR) is 96.8 cm³/mol. The molecule has 2 aromatic rings. The fourth-order valence-corrected chi connectivity index (χ4v) is 3.06. The smallest absolute Gasteiger partial charge is 0.315 e. The van der Waals surface area contributed by atoms with Crippen molar-refractivity contribution in [3.05, 3.63) is 65.2 Å². The van der Waals surface area contributed by atoms with Crippen LogP contribution in [0, 0.1) is 6.92 Å². The zero-order valence-corrected chi connectivity index (χ0v) is 14.5. The molecule has 2 aromatic carbocycles. The highest BCUT2D eigenvalue weighted by molar-refractivity contribution is 5.74. The number of urea groups is 1. The van der Waals surface area contributed by atoms with Crippen molar-refractivity contribution in [1.29, 1.82) is 0 Å². The van der Waals surface area contributed by atoms with Crippen LogP contribution >= 0.6 is 0 Å². The molecule has 3 rings (SSSR count). The molecule has 25 heavy (non-hydrogen) atoms. The van der Waals surface area contributed by atoms with E-state index in [0.29, 0.717) is 6.61 Å². The number of ether oxygens (including phenoxy) is 1. The van der Waals surface area contributed by atoms with Crippen LogP contribution < -0.4 is 15.4 Å². The number of amides is 2. The quantitative estimate of drug-likeness (QED) is 0.784. The first-order chi connectivity index (χ1) is 12.0. The molecular formula is C20H24N2O3. The molecule has 0 aromatic heterocycles. The highest BCUT2D eigenvalue weighted by Gasteiger charge is 2.29. The summed E-state index contributed by atoms with van der Waals surface area (Å²) < 4.78 is 5.67. The Morgan fingerprint density at radius 2 is 1.96 bits per heavy atom. The van der Waals surface area contributed by atoms with Gasteiger partial charge < -0.3 is 20.5 Å². The molecule has 3 N–H and O–H groups in total. The molecule has 0 saturated heterocycles. The average molecular weight is 340 g/mol. The minimum atomic E-state index is -0.725. The standard InChI is InChI=1S/C20H24N2O3/c1-13-7-9-15(10-8-13)18(23)11-21-20(24)22-14(2)17-12-25-19-6-4-3-5-16(17)19/h3-10,14,17-18,23H,11-12H2,1-2H3,(H2,21,22,24). The minimum Gasteiger partial charge on any atom is -0.493 e. The van der Waals surface area contributed by atoms with Gasteiger partial charge in [-0.25, -0.2) is 4.79 Å². The van der Waals surface area contributed by atoms with Gasteiger partial charge in [0, 0.05) is 24.1 Å². The second-order valence-corrected chi connectivity index (χ2v) is 6.52. The van der Waals surface area contributed by atoms with Gasteiger partial charge in [0.25, 0.3) is 0 Å². The third-order valence-corrected chi connectivity index (χ3v) is 4.62. The van der Waals surface area contributed by atoms with Crippen LogP contribution in [0.5, 0.6) is 5.75 Å². The molecular weight excluding hydrogens is 316 g/mol. The number of hydrogen-bond donors (Lipinski definition) is 3. The summed E-state index contributed by atoms with van der Waals surface area (Å²) in [7, 11) is 0. The molecule has 132 valence electrons. The summed E-state index contributed by atoms with van der Waals surface area (Å²) in [5, 5.41) is 15.8. The molecule has 0 aliphatic carbocycles. The van der Waals surface area contributed by atoms with E-state index >= 15 is 0 Å². The maximum absolute atomic E-state index is 12.1. The number of carbonyl (C=O) groups is 1. The number of benzene rings is 2. The van der Waals surface area contributed by atoms with E-state index in [0.717, 1.165) is 22.4 Å². The van der Waals surface area contributed by atoms with Crippen LogP contribution in [0.2, 0.25) is 0 Å². The van der Waals surface area contributed by atoms with Crippen molar-refractivity contribution in [3.8, 4) is 5.75 Å². The van der Waals surface area contributed by atoms with E-state index in [-0.39, 0.29) is 24.5 Å². The molecule has 1 aliphatic heterocycles. The summed E-state index contributed by atoms with van der Waals surface area (Å²) in [4.78, 5) is 12.1. The number of aliphatic hydroxyl groups excluding tert-OH is 1. The Morgan fingerprint density at radius 3 is 2.72 bits per heavy atom. The summed E-state index contributed by atoms with van der Waals surface area (Å²) >= 11 is 0. The number of aryl methyl sites for hydroxylation is 1. The zero-order chi connectivity index (χ0) is 17.8. The van der Waals surface area contributed by atoms with Crippen LogP contribution in [0.4, 0.5) is 4.79 Å². The molecule has 0 radical (unpaired) electrons. The summed E-state index contributed by atoms with van der Waals surface area (Å²) in [6.07, 6.45) is -0.725. The van der Waals surface area contributed by atoms with Gasteiger partial charge in [-0.15, -0.1) is 0 Å². The minimum absolute atomic E-state index is 0.0693. The second kappa shape index (κ2) is 7.57. The van der Waals surface area contributed by atoms with Crippen LogP contribution in [0.3, 0.4) is 0 Å². The first kappa shape index (κ1) is 17.3. The van der Waals surface area contributed by atoms with Gasteiger partial charge in [0.1, 0.15) is 5.75 Å². The molecule has 0 spiro atoms. The number of fused-ring (bicyclic) bond motifs is 1. The monoisotopic (exact) mass is 340 g/mol. The van der Waals surface area contributed by atoms with Crippen molar-refractivity contribution in [1.82, 2.24) is 10.6 Å². The van der Waals surface area contributed by atoms with Gasteiger partial charge in [-0.05, 0) is 25.5 Å². The normalized spacial score (nSPS) is 18.0. The molecule has 2 amide bonds. The summed E-state index contributed by atoms with van der Waals surface area (Å²) in [6, 6.07) is 15.2. The molecule has 0 saturated carbocycles. The number of para-hydroxylation sites is 1. The van der Waals surface area contributed by atoms with Gasteiger partial charge in [0.15, 0.2) is 0 Å². The Morgan fingerprint density at radius 1 is 1.24 bits per heavy atom. The van der Waals surface area contributed by atoms with Crippen LogP contribution in [0.15, 0.2) is 48.5 Å². The van der Waals surface area contributed by atoms with Gasteiger partial charge in [-0.3, -0.25) is 0 Å².